The van der Waals surface area contributed by atoms with Crippen molar-refractivity contribution in [2.75, 3.05) is 6.61 Å². The molecule has 1 aliphatic heterocycles. The molecule has 2 heterocycles. The molecule has 0 saturated carbocycles. The van der Waals surface area contributed by atoms with Gasteiger partial charge in [-0.2, -0.15) is 5.26 Å². The molecule has 0 radical (unpaired) electrons. The molecule has 218 valence electrons. The van der Waals surface area contributed by atoms with E-state index in [0.717, 1.165) is 11.1 Å². The standard InChI is InChI=1S/C34H31N3O5S/c1-5-40-33(39)30-22(4)36-34-37(31(30)26-11-7-9-13-28(26)42-21(2)3)32(38)29(43-34)18-25-10-6-8-12-27(25)41-20-24-16-14-23(19-35)15-17-24/h6-18,21,31H,5,20H2,1-4H3/b29-18-/t31-/m1/s1. The zero-order valence-electron chi connectivity index (χ0n) is 24.4. The molecule has 0 amide bonds. The molecule has 1 aromatic heterocycles. The maximum atomic E-state index is 14.1. The maximum Gasteiger partial charge on any atom is 0.338 e. The first kappa shape index (κ1) is 29.5. The lowest BCUT2D eigenvalue weighted by molar-refractivity contribution is -0.139. The molecule has 1 atom stereocenters. The van der Waals surface area contributed by atoms with Crippen LogP contribution in [0.5, 0.6) is 11.5 Å². The highest BCUT2D eigenvalue weighted by atomic mass is 32.1. The number of hydrogen-bond acceptors (Lipinski definition) is 8. The lowest BCUT2D eigenvalue weighted by Gasteiger charge is -2.26. The van der Waals surface area contributed by atoms with Gasteiger partial charge < -0.3 is 14.2 Å². The number of fused-ring (bicyclic) bond motifs is 1. The number of carbonyl (C=O) groups excluding carboxylic acids is 1. The molecule has 1 aliphatic rings. The van der Waals surface area contributed by atoms with Crippen LogP contribution >= 0.6 is 11.3 Å². The normalized spacial score (nSPS) is 14.6. The van der Waals surface area contributed by atoms with Gasteiger partial charge in [-0.05, 0) is 63.6 Å². The predicted octanol–water partition coefficient (Wildman–Crippen LogP) is 5.04. The van der Waals surface area contributed by atoms with Crippen LogP contribution in [0, 0.1) is 11.3 Å². The first-order valence-corrected chi connectivity index (χ1v) is 14.8. The van der Waals surface area contributed by atoms with E-state index in [1.165, 1.54) is 11.3 Å². The number of carbonyl (C=O) groups is 1. The highest BCUT2D eigenvalue weighted by molar-refractivity contribution is 7.07. The third-order valence-electron chi connectivity index (χ3n) is 6.78. The quantitative estimate of drug-likeness (QED) is 0.252. The molecule has 0 fully saturated rings. The number of nitriles is 1. The summed E-state index contributed by atoms with van der Waals surface area (Å²) in [6.45, 7) is 7.85. The van der Waals surface area contributed by atoms with Crippen molar-refractivity contribution in [1.82, 2.24) is 4.57 Å². The molecule has 8 nitrogen and oxygen atoms in total. The fourth-order valence-corrected chi connectivity index (χ4v) is 5.90. The van der Waals surface area contributed by atoms with Crippen LogP contribution in [-0.2, 0) is 16.1 Å². The summed E-state index contributed by atoms with van der Waals surface area (Å²) in [7, 11) is 0. The number of allylic oxidation sites excluding steroid dienone is 1. The highest BCUT2D eigenvalue weighted by Crippen LogP contribution is 2.36. The Morgan fingerprint density at radius 2 is 1.77 bits per heavy atom. The van der Waals surface area contributed by atoms with Crippen molar-refractivity contribution >= 4 is 23.4 Å². The summed E-state index contributed by atoms with van der Waals surface area (Å²) in [5.41, 5.74) is 3.39. The summed E-state index contributed by atoms with van der Waals surface area (Å²) in [4.78, 5) is 32.6. The molecule has 3 aromatic carbocycles. The SMILES string of the molecule is CCOC(=O)C1=C(C)N=c2s/c(=C\c3ccccc3OCc3ccc(C#N)cc3)c(=O)n2[C@@H]1c1ccccc1OC(C)C. The van der Waals surface area contributed by atoms with Crippen LogP contribution in [0.25, 0.3) is 6.08 Å². The summed E-state index contributed by atoms with van der Waals surface area (Å²) >= 11 is 1.25. The van der Waals surface area contributed by atoms with Crippen LogP contribution in [0.1, 0.15) is 56.0 Å². The number of nitrogens with zero attached hydrogens (tertiary/aromatic N) is 3. The minimum Gasteiger partial charge on any atom is -0.491 e. The summed E-state index contributed by atoms with van der Waals surface area (Å²) in [5, 5.41) is 9.06. The summed E-state index contributed by atoms with van der Waals surface area (Å²) in [6, 6.07) is 23.4. The molecule has 0 bridgehead atoms. The van der Waals surface area contributed by atoms with Crippen molar-refractivity contribution in [2.24, 2.45) is 4.99 Å². The van der Waals surface area contributed by atoms with E-state index < -0.39 is 12.0 Å². The molecule has 9 heteroatoms. The Bertz CT molecular complexity index is 1910. The van der Waals surface area contributed by atoms with E-state index in [1.54, 1.807) is 36.6 Å². The van der Waals surface area contributed by atoms with Gasteiger partial charge in [0, 0.05) is 11.1 Å². The van der Waals surface area contributed by atoms with Gasteiger partial charge in [0.05, 0.1) is 40.1 Å². The number of aromatic nitrogens is 1. The molecule has 0 saturated heterocycles. The first-order chi connectivity index (χ1) is 20.8. The van der Waals surface area contributed by atoms with Gasteiger partial charge >= 0.3 is 5.97 Å². The average molecular weight is 594 g/mol. The maximum absolute atomic E-state index is 14.1. The fourth-order valence-electron chi connectivity index (χ4n) is 4.86. The summed E-state index contributed by atoms with van der Waals surface area (Å²) in [6.07, 6.45) is 1.67. The number of esters is 1. The minimum absolute atomic E-state index is 0.117. The summed E-state index contributed by atoms with van der Waals surface area (Å²) in [5.74, 6) is 0.660. The van der Waals surface area contributed by atoms with Crippen molar-refractivity contribution < 1.29 is 19.0 Å². The van der Waals surface area contributed by atoms with E-state index in [9.17, 15) is 9.59 Å². The molecular weight excluding hydrogens is 562 g/mol. The van der Waals surface area contributed by atoms with Crippen molar-refractivity contribution in [3.05, 3.63) is 126 Å². The minimum atomic E-state index is -0.782. The van der Waals surface area contributed by atoms with Gasteiger partial charge in [-0.15, -0.1) is 0 Å². The number of thiazole rings is 1. The Morgan fingerprint density at radius 1 is 1.07 bits per heavy atom. The van der Waals surface area contributed by atoms with E-state index in [0.29, 0.717) is 49.8 Å². The number of benzene rings is 3. The van der Waals surface area contributed by atoms with E-state index in [-0.39, 0.29) is 18.3 Å². The van der Waals surface area contributed by atoms with Gasteiger partial charge in [0.2, 0.25) is 0 Å². The molecule has 4 aromatic rings. The van der Waals surface area contributed by atoms with Crippen LogP contribution < -0.4 is 24.4 Å². The Morgan fingerprint density at radius 3 is 2.47 bits per heavy atom. The Balaban J connectivity index is 1.60. The topological polar surface area (TPSA) is 103 Å². The van der Waals surface area contributed by atoms with Crippen molar-refractivity contribution in [3.63, 3.8) is 0 Å². The van der Waals surface area contributed by atoms with Gasteiger partial charge in [0.15, 0.2) is 4.80 Å². The van der Waals surface area contributed by atoms with Gasteiger partial charge in [-0.3, -0.25) is 9.36 Å². The highest BCUT2D eigenvalue weighted by Gasteiger charge is 2.35. The Hall–Kier alpha value is -4.94. The third-order valence-corrected chi connectivity index (χ3v) is 7.76. The number of para-hydroxylation sites is 2. The van der Waals surface area contributed by atoms with Crippen LogP contribution in [0.2, 0.25) is 0 Å². The van der Waals surface area contributed by atoms with Crippen LogP contribution in [0.4, 0.5) is 0 Å². The fraction of sp³-hybridized carbons (Fsp3) is 0.235. The van der Waals surface area contributed by atoms with Crippen LogP contribution in [0.15, 0.2) is 93.9 Å². The lowest BCUT2D eigenvalue weighted by Crippen LogP contribution is -2.40. The van der Waals surface area contributed by atoms with Crippen molar-refractivity contribution in [1.29, 1.82) is 5.26 Å². The Kier molecular flexibility index (Phi) is 8.88. The van der Waals surface area contributed by atoms with Gasteiger partial charge in [0.25, 0.3) is 5.56 Å². The van der Waals surface area contributed by atoms with Gasteiger partial charge in [-0.1, -0.05) is 59.9 Å². The second kappa shape index (κ2) is 12.9. The average Bonchev–Trinajstić information content (AvgIpc) is 3.30. The van der Waals surface area contributed by atoms with Gasteiger partial charge in [-0.25, -0.2) is 9.79 Å². The van der Waals surface area contributed by atoms with Gasteiger partial charge in [0.1, 0.15) is 24.1 Å². The second-order valence-corrected chi connectivity index (χ2v) is 11.2. The monoisotopic (exact) mass is 593 g/mol. The number of ether oxygens (including phenoxy) is 3. The smallest absolute Gasteiger partial charge is 0.338 e. The number of hydrogen-bond donors (Lipinski definition) is 0. The third kappa shape index (κ3) is 6.30. The molecule has 0 spiro atoms. The van der Waals surface area contributed by atoms with E-state index in [4.69, 9.17) is 19.5 Å². The largest absolute Gasteiger partial charge is 0.491 e. The predicted molar refractivity (Wildman–Crippen MR) is 165 cm³/mol. The zero-order valence-corrected chi connectivity index (χ0v) is 25.2. The number of rotatable bonds is 9. The lowest BCUT2D eigenvalue weighted by atomic mass is 9.95. The van der Waals surface area contributed by atoms with E-state index in [1.807, 2.05) is 74.5 Å². The van der Waals surface area contributed by atoms with E-state index >= 15 is 0 Å². The first-order valence-electron chi connectivity index (χ1n) is 14.0. The molecular formula is C34H31N3O5S. The molecule has 0 aliphatic carbocycles. The van der Waals surface area contributed by atoms with Crippen molar-refractivity contribution in [2.45, 2.75) is 46.4 Å². The molecule has 43 heavy (non-hydrogen) atoms. The van der Waals surface area contributed by atoms with Crippen LogP contribution in [-0.4, -0.2) is 23.2 Å². The summed E-state index contributed by atoms with van der Waals surface area (Å²) < 4.78 is 19.7. The zero-order chi connectivity index (χ0) is 30.5. The second-order valence-electron chi connectivity index (χ2n) is 10.1. The van der Waals surface area contributed by atoms with Crippen molar-refractivity contribution in [3.8, 4) is 17.6 Å². The Labute approximate surface area is 253 Å². The van der Waals surface area contributed by atoms with Crippen LogP contribution in [0.3, 0.4) is 0 Å². The molecule has 0 unspecified atom stereocenters. The van der Waals surface area contributed by atoms with E-state index in [2.05, 4.69) is 11.1 Å². The molecule has 0 N–H and O–H groups in total. The molecule has 5 rings (SSSR count).